The fourth-order valence-electron chi connectivity index (χ4n) is 3.37. The number of nitrogens with zero attached hydrogens (tertiary/aromatic N) is 1. The molecule has 2 bridgehead atoms. The van der Waals surface area contributed by atoms with Crippen LogP contribution in [0.5, 0.6) is 5.75 Å². The van der Waals surface area contributed by atoms with Crippen molar-refractivity contribution in [2.24, 2.45) is 11.8 Å². The molecule has 1 amide bonds. The Labute approximate surface area is 135 Å². The molecule has 1 fully saturated rings. The Morgan fingerprint density at radius 2 is 2.04 bits per heavy atom. The number of benzene rings is 1. The van der Waals surface area contributed by atoms with Gasteiger partial charge < -0.3 is 10.1 Å². The number of ketones is 1. The lowest BCUT2D eigenvalue weighted by atomic mass is 9.82. The summed E-state index contributed by atoms with van der Waals surface area (Å²) < 4.78 is 47.1. The first-order chi connectivity index (χ1) is 11.3. The van der Waals surface area contributed by atoms with Crippen LogP contribution >= 0.6 is 0 Å². The Morgan fingerprint density at radius 1 is 1.33 bits per heavy atom. The molecular formula is C16H13F3N2O3. The van der Waals surface area contributed by atoms with E-state index in [1.807, 2.05) is 0 Å². The van der Waals surface area contributed by atoms with E-state index in [0.717, 1.165) is 0 Å². The van der Waals surface area contributed by atoms with Crippen LogP contribution in [0.15, 0.2) is 6.07 Å². The summed E-state index contributed by atoms with van der Waals surface area (Å²) >= 11 is 0. The molecular weight excluding hydrogens is 325 g/mol. The number of carbonyl (C=O) groups is 2. The van der Waals surface area contributed by atoms with Gasteiger partial charge in [0.25, 0.3) is 0 Å². The van der Waals surface area contributed by atoms with E-state index >= 15 is 0 Å². The van der Waals surface area contributed by atoms with Crippen LogP contribution in [0.4, 0.5) is 13.2 Å². The lowest BCUT2D eigenvalue weighted by Gasteiger charge is -2.28. The van der Waals surface area contributed by atoms with Gasteiger partial charge in [-0.25, -0.2) is 8.78 Å². The van der Waals surface area contributed by atoms with Gasteiger partial charge in [0.1, 0.15) is 18.3 Å². The molecule has 3 atom stereocenters. The molecule has 24 heavy (non-hydrogen) atoms. The number of nitriles is 1. The number of halogens is 3. The van der Waals surface area contributed by atoms with Gasteiger partial charge in [-0.1, -0.05) is 0 Å². The van der Waals surface area contributed by atoms with Gasteiger partial charge in [0.15, 0.2) is 17.3 Å². The van der Waals surface area contributed by atoms with Crippen LogP contribution in [0.2, 0.25) is 0 Å². The number of fused-ring (bicyclic) bond motifs is 4. The zero-order valence-electron chi connectivity index (χ0n) is 12.7. The lowest BCUT2D eigenvalue weighted by molar-refractivity contribution is -0.125. The van der Waals surface area contributed by atoms with Gasteiger partial charge in [-0.15, -0.1) is 0 Å². The van der Waals surface area contributed by atoms with Crippen LogP contribution in [-0.4, -0.2) is 18.3 Å². The summed E-state index contributed by atoms with van der Waals surface area (Å²) in [6.07, 6.45) is 0.0103. The normalized spacial score (nSPS) is 29.3. The van der Waals surface area contributed by atoms with Gasteiger partial charge in [-0.2, -0.15) is 9.65 Å². The first-order valence-corrected chi connectivity index (χ1v) is 7.32. The fraction of sp³-hybridized carbons (Fsp3) is 0.438. The molecule has 0 aliphatic carbocycles. The first kappa shape index (κ1) is 16.3. The minimum Gasteiger partial charge on any atom is -0.482 e. The number of rotatable bonds is 0. The van der Waals surface area contributed by atoms with E-state index in [1.165, 1.54) is 6.92 Å². The Hall–Kier alpha value is -2.56. The SMILES string of the molecule is CC12C[C@@H](C[C@H](C#N)C(=O)COc3c(F)c(F)cc(F)c31)C(=O)N2. The van der Waals surface area contributed by atoms with Gasteiger partial charge in [0.05, 0.1) is 17.2 Å². The monoisotopic (exact) mass is 338 g/mol. The standard InChI is InChI=1S/C16H13F3N2O3/c1-16-4-7(15(23)21-16)2-8(5-20)11(22)6-24-14-12(16)9(17)3-10(18)13(14)19/h3,7-8H,2,4,6H2,1H3,(H,21,23)/t7-,8-,16?/m1/s1. The first-order valence-electron chi connectivity index (χ1n) is 7.32. The van der Waals surface area contributed by atoms with E-state index in [1.54, 1.807) is 6.07 Å². The van der Waals surface area contributed by atoms with Gasteiger partial charge in [0.2, 0.25) is 11.7 Å². The Bertz CT molecular complexity index is 790. The molecule has 0 aromatic heterocycles. The third-order valence-electron chi connectivity index (χ3n) is 4.53. The molecule has 2 aliphatic rings. The summed E-state index contributed by atoms with van der Waals surface area (Å²) in [7, 11) is 0. The minimum atomic E-state index is -1.46. The summed E-state index contributed by atoms with van der Waals surface area (Å²) in [5, 5.41) is 11.7. The van der Waals surface area contributed by atoms with Crippen molar-refractivity contribution in [3.63, 3.8) is 0 Å². The molecule has 2 heterocycles. The zero-order chi connectivity index (χ0) is 17.6. The molecule has 1 saturated heterocycles. The smallest absolute Gasteiger partial charge is 0.223 e. The van der Waals surface area contributed by atoms with Crippen molar-refractivity contribution in [1.82, 2.24) is 5.32 Å². The van der Waals surface area contributed by atoms with Crippen molar-refractivity contribution in [1.29, 1.82) is 5.26 Å². The van der Waals surface area contributed by atoms with E-state index in [0.29, 0.717) is 6.07 Å². The highest BCUT2D eigenvalue weighted by molar-refractivity contribution is 5.87. The lowest BCUT2D eigenvalue weighted by Crippen LogP contribution is -2.37. The van der Waals surface area contributed by atoms with Crippen LogP contribution in [0.3, 0.4) is 0 Å². The average Bonchev–Trinajstić information content (AvgIpc) is 2.80. The number of nitrogens with one attached hydrogen (secondary N) is 1. The van der Waals surface area contributed by atoms with Crippen LogP contribution < -0.4 is 10.1 Å². The van der Waals surface area contributed by atoms with Crippen molar-refractivity contribution in [2.75, 3.05) is 6.61 Å². The van der Waals surface area contributed by atoms with E-state index in [2.05, 4.69) is 5.32 Å². The van der Waals surface area contributed by atoms with Gasteiger partial charge in [-0.3, -0.25) is 9.59 Å². The number of ether oxygens (including phenoxy) is 1. The largest absolute Gasteiger partial charge is 0.482 e. The Morgan fingerprint density at radius 3 is 2.71 bits per heavy atom. The molecule has 1 N–H and O–H groups in total. The minimum absolute atomic E-state index is 0.0270. The third kappa shape index (κ3) is 2.40. The highest BCUT2D eigenvalue weighted by atomic mass is 19.2. The maximum Gasteiger partial charge on any atom is 0.223 e. The van der Waals surface area contributed by atoms with Crippen molar-refractivity contribution in [3.05, 3.63) is 29.1 Å². The summed E-state index contributed by atoms with van der Waals surface area (Å²) in [5.41, 5.74) is -1.66. The van der Waals surface area contributed by atoms with Crippen molar-refractivity contribution in [3.8, 4) is 11.8 Å². The molecule has 1 aromatic rings. The second-order valence-electron chi connectivity index (χ2n) is 6.25. The molecule has 1 aromatic carbocycles. The van der Waals surface area contributed by atoms with E-state index in [4.69, 9.17) is 10.00 Å². The Balaban J connectivity index is 2.20. The topological polar surface area (TPSA) is 79.2 Å². The number of Topliss-reactive ketones (excluding diaryl/α,β-unsaturated/α-hetero) is 1. The maximum atomic E-state index is 14.4. The second-order valence-corrected chi connectivity index (χ2v) is 6.25. The number of carbonyl (C=O) groups excluding carboxylic acids is 2. The van der Waals surface area contributed by atoms with E-state index in [-0.39, 0.29) is 18.4 Å². The van der Waals surface area contributed by atoms with E-state index < -0.39 is 58.9 Å². The van der Waals surface area contributed by atoms with Gasteiger partial charge in [-0.05, 0) is 19.8 Å². The van der Waals surface area contributed by atoms with Crippen LogP contribution in [0.25, 0.3) is 0 Å². The molecule has 1 unspecified atom stereocenters. The number of amides is 1. The van der Waals surface area contributed by atoms with Crippen molar-refractivity contribution < 1.29 is 27.5 Å². The molecule has 2 aliphatic heterocycles. The highest BCUT2D eigenvalue weighted by Gasteiger charge is 2.47. The molecule has 0 spiro atoms. The molecule has 0 saturated carbocycles. The maximum absolute atomic E-state index is 14.4. The summed E-state index contributed by atoms with van der Waals surface area (Å²) in [6, 6.07) is 2.18. The fourth-order valence-corrected chi connectivity index (χ4v) is 3.37. The molecule has 5 nitrogen and oxygen atoms in total. The predicted octanol–water partition coefficient (Wildman–Crippen LogP) is 1.95. The summed E-state index contributed by atoms with van der Waals surface area (Å²) in [6.45, 7) is 0.764. The zero-order valence-corrected chi connectivity index (χ0v) is 12.7. The molecule has 8 heteroatoms. The molecule has 126 valence electrons. The summed E-state index contributed by atoms with van der Waals surface area (Å²) in [5.74, 6) is -7.67. The predicted molar refractivity (Wildman–Crippen MR) is 74.1 cm³/mol. The number of hydrogen-bond donors (Lipinski definition) is 1. The van der Waals surface area contributed by atoms with Crippen molar-refractivity contribution >= 4 is 11.7 Å². The quantitative estimate of drug-likeness (QED) is 0.733. The van der Waals surface area contributed by atoms with Crippen LogP contribution in [0.1, 0.15) is 25.3 Å². The van der Waals surface area contributed by atoms with Crippen LogP contribution in [-0.2, 0) is 15.1 Å². The Kier molecular flexibility index (Phi) is 3.74. The van der Waals surface area contributed by atoms with Crippen molar-refractivity contribution in [2.45, 2.75) is 25.3 Å². The van der Waals surface area contributed by atoms with Crippen LogP contribution in [0, 0.1) is 40.6 Å². The second kappa shape index (κ2) is 5.51. The van der Waals surface area contributed by atoms with Gasteiger partial charge >= 0.3 is 0 Å². The van der Waals surface area contributed by atoms with Gasteiger partial charge in [0, 0.05) is 12.0 Å². The molecule has 3 rings (SSSR count). The average molecular weight is 338 g/mol. The highest BCUT2D eigenvalue weighted by Crippen LogP contribution is 2.44. The summed E-state index contributed by atoms with van der Waals surface area (Å²) in [4.78, 5) is 24.2. The molecule has 0 radical (unpaired) electrons. The number of hydrogen-bond acceptors (Lipinski definition) is 4. The van der Waals surface area contributed by atoms with E-state index in [9.17, 15) is 22.8 Å². The third-order valence-corrected chi connectivity index (χ3v) is 4.53.